The first-order valence-electron chi connectivity index (χ1n) is 2.75. The van der Waals surface area contributed by atoms with E-state index in [4.69, 9.17) is 12.2 Å². The summed E-state index contributed by atoms with van der Waals surface area (Å²) in [4.78, 5) is 0. The van der Waals surface area contributed by atoms with Crippen molar-refractivity contribution < 1.29 is 0 Å². The van der Waals surface area contributed by atoms with E-state index in [1.807, 2.05) is 6.07 Å². The molecule has 2 aromatic rings. The molecule has 0 atom stereocenters. The van der Waals surface area contributed by atoms with E-state index in [1.165, 1.54) is 0 Å². The molecule has 0 bridgehead atoms. The fourth-order valence-corrected chi connectivity index (χ4v) is 0.916. The van der Waals surface area contributed by atoms with Gasteiger partial charge in [0.1, 0.15) is 11.0 Å². The molecule has 0 fully saturated rings. The van der Waals surface area contributed by atoms with E-state index < -0.39 is 0 Å². The monoisotopic (exact) mass is 152 g/mol. The summed E-state index contributed by atoms with van der Waals surface area (Å²) < 4.78 is 2.34. The highest BCUT2D eigenvalue weighted by atomic mass is 32.1. The lowest BCUT2D eigenvalue weighted by molar-refractivity contribution is 0.915. The lowest BCUT2D eigenvalue weighted by atomic mass is 10.6. The molecule has 0 spiro atoms. The Labute approximate surface area is 61.5 Å². The van der Waals surface area contributed by atoms with E-state index in [0.717, 1.165) is 5.65 Å². The Morgan fingerprint density at radius 3 is 3.30 bits per heavy atom. The number of nitrogens with one attached hydrogen (secondary N) is 1. The van der Waals surface area contributed by atoms with E-state index in [-0.39, 0.29) is 0 Å². The van der Waals surface area contributed by atoms with Crippen LogP contribution in [0, 0.1) is 4.64 Å². The van der Waals surface area contributed by atoms with Crippen LogP contribution in [-0.2, 0) is 0 Å². The van der Waals surface area contributed by atoms with Crippen LogP contribution in [0.3, 0.4) is 0 Å². The van der Waals surface area contributed by atoms with Gasteiger partial charge in [-0.25, -0.2) is 4.52 Å². The third kappa shape index (κ3) is 0.714. The largest absolute Gasteiger partial charge is 0.281 e. The average molecular weight is 152 g/mol. The molecule has 0 aliphatic carbocycles. The first kappa shape index (κ1) is 5.55. The van der Waals surface area contributed by atoms with Crippen molar-refractivity contribution in [2.75, 3.05) is 0 Å². The Hall–Kier alpha value is -1.23. The summed E-state index contributed by atoms with van der Waals surface area (Å²) in [5.41, 5.74) is 0.772. The van der Waals surface area contributed by atoms with Gasteiger partial charge in [0.15, 0.2) is 5.65 Å². The van der Waals surface area contributed by atoms with E-state index in [2.05, 4.69) is 15.3 Å². The van der Waals surface area contributed by atoms with Gasteiger partial charge in [0, 0.05) is 0 Å². The quantitative estimate of drug-likeness (QED) is 0.567. The SMILES string of the molecule is S=c1ccc2nncn2[nH]1. The lowest BCUT2D eigenvalue weighted by Crippen LogP contribution is -1.87. The standard InChI is InChI=1S/C5H4N4S/c10-5-2-1-4-7-6-3-9(4)8-5/h1-3H,(H,8,10). The molecule has 5 heteroatoms. The summed E-state index contributed by atoms with van der Waals surface area (Å²) in [6.07, 6.45) is 1.57. The zero-order chi connectivity index (χ0) is 6.97. The van der Waals surface area contributed by atoms with Crippen LogP contribution in [0.1, 0.15) is 0 Å². The van der Waals surface area contributed by atoms with Crippen molar-refractivity contribution in [1.82, 2.24) is 19.8 Å². The van der Waals surface area contributed by atoms with E-state index in [1.54, 1.807) is 16.9 Å². The van der Waals surface area contributed by atoms with E-state index in [0.29, 0.717) is 4.64 Å². The van der Waals surface area contributed by atoms with Crippen LogP contribution in [0.2, 0.25) is 0 Å². The van der Waals surface area contributed by atoms with Gasteiger partial charge in [-0.05, 0) is 12.1 Å². The molecule has 2 rings (SSSR count). The fourth-order valence-electron chi connectivity index (χ4n) is 0.750. The van der Waals surface area contributed by atoms with Gasteiger partial charge in [-0.3, -0.25) is 5.10 Å². The average Bonchev–Trinajstić information content (AvgIpc) is 2.33. The molecular formula is C5H4N4S. The van der Waals surface area contributed by atoms with Crippen LogP contribution in [0.25, 0.3) is 5.65 Å². The first-order chi connectivity index (χ1) is 4.86. The number of nitrogens with zero attached hydrogens (tertiary/aromatic N) is 3. The van der Waals surface area contributed by atoms with Gasteiger partial charge in [-0.2, -0.15) is 0 Å². The molecule has 50 valence electrons. The second-order valence-electron chi connectivity index (χ2n) is 1.87. The maximum Gasteiger partial charge on any atom is 0.175 e. The van der Waals surface area contributed by atoms with E-state index >= 15 is 0 Å². The van der Waals surface area contributed by atoms with Crippen molar-refractivity contribution in [3.63, 3.8) is 0 Å². The second kappa shape index (κ2) is 1.88. The van der Waals surface area contributed by atoms with Gasteiger partial charge < -0.3 is 0 Å². The molecule has 1 N–H and O–H groups in total. The predicted octanol–water partition coefficient (Wildman–Crippen LogP) is 0.787. The zero-order valence-corrected chi connectivity index (χ0v) is 5.80. The van der Waals surface area contributed by atoms with Gasteiger partial charge in [0.2, 0.25) is 0 Å². The summed E-state index contributed by atoms with van der Waals surface area (Å²) >= 11 is 4.87. The van der Waals surface area contributed by atoms with Crippen LogP contribution in [0.5, 0.6) is 0 Å². The highest BCUT2D eigenvalue weighted by Crippen LogP contribution is 1.93. The number of aromatic amines is 1. The molecule has 0 radical (unpaired) electrons. The second-order valence-corrected chi connectivity index (χ2v) is 2.31. The van der Waals surface area contributed by atoms with Gasteiger partial charge in [0.05, 0.1) is 0 Å². The highest BCUT2D eigenvalue weighted by molar-refractivity contribution is 7.71. The fraction of sp³-hybridized carbons (Fsp3) is 0. The Balaban J connectivity index is 2.99. The smallest absolute Gasteiger partial charge is 0.175 e. The van der Waals surface area contributed by atoms with Crippen LogP contribution in [0.15, 0.2) is 18.5 Å². The topological polar surface area (TPSA) is 46.0 Å². The normalized spacial score (nSPS) is 10.4. The van der Waals surface area contributed by atoms with Crippen LogP contribution in [-0.4, -0.2) is 19.8 Å². The predicted molar refractivity (Wildman–Crippen MR) is 38.2 cm³/mol. The first-order valence-corrected chi connectivity index (χ1v) is 3.16. The van der Waals surface area contributed by atoms with Gasteiger partial charge in [0.25, 0.3) is 0 Å². The van der Waals surface area contributed by atoms with Crippen molar-refractivity contribution in [2.24, 2.45) is 0 Å². The highest BCUT2D eigenvalue weighted by Gasteiger charge is 1.89. The maximum absolute atomic E-state index is 4.87. The van der Waals surface area contributed by atoms with Crippen LogP contribution < -0.4 is 0 Å². The number of H-pyrrole nitrogens is 1. The number of rotatable bonds is 0. The Bertz CT molecular complexity index is 401. The van der Waals surface area contributed by atoms with Crippen LogP contribution in [0.4, 0.5) is 0 Å². The van der Waals surface area contributed by atoms with Crippen molar-refractivity contribution >= 4 is 17.9 Å². The van der Waals surface area contributed by atoms with Gasteiger partial charge >= 0.3 is 0 Å². The zero-order valence-electron chi connectivity index (χ0n) is 4.98. The summed E-state index contributed by atoms with van der Waals surface area (Å²) in [5, 5.41) is 10.3. The molecule has 0 aliphatic heterocycles. The Kier molecular flexibility index (Phi) is 1.04. The molecule has 4 nitrogen and oxygen atoms in total. The molecule has 2 aromatic heterocycles. The Morgan fingerprint density at radius 1 is 1.50 bits per heavy atom. The summed E-state index contributed by atoms with van der Waals surface area (Å²) in [6.45, 7) is 0. The number of hydrogen-bond donors (Lipinski definition) is 1. The van der Waals surface area contributed by atoms with Crippen molar-refractivity contribution in [3.8, 4) is 0 Å². The molecule has 0 aliphatic rings. The number of aromatic nitrogens is 4. The van der Waals surface area contributed by atoms with Crippen molar-refractivity contribution in [3.05, 3.63) is 23.1 Å². The summed E-state index contributed by atoms with van der Waals surface area (Å²) in [7, 11) is 0. The molecule has 2 heterocycles. The number of fused-ring (bicyclic) bond motifs is 1. The minimum atomic E-state index is 0.673. The van der Waals surface area contributed by atoms with Gasteiger partial charge in [-0.15, -0.1) is 10.2 Å². The third-order valence-corrected chi connectivity index (χ3v) is 1.42. The van der Waals surface area contributed by atoms with Gasteiger partial charge in [-0.1, -0.05) is 12.2 Å². The van der Waals surface area contributed by atoms with Crippen LogP contribution >= 0.6 is 12.2 Å². The molecule has 0 saturated heterocycles. The summed E-state index contributed by atoms with van der Waals surface area (Å²) in [6, 6.07) is 3.59. The summed E-state index contributed by atoms with van der Waals surface area (Å²) in [5.74, 6) is 0. The molecule has 10 heavy (non-hydrogen) atoms. The minimum absolute atomic E-state index is 0.673. The third-order valence-electron chi connectivity index (χ3n) is 1.19. The van der Waals surface area contributed by atoms with Crippen molar-refractivity contribution in [1.29, 1.82) is 0 Å². The molecule has 0 unspecified atom stereocenters. The minimum Gasteiger partial charge on any atom is -0.281 e. The number of hydrogen-bond acceptors (Lipinski definition) is 3. The Morgan fingerprint density at radius 2 is 2.40 bits per heavy atom. The molecular weight excluding hydrogens is 148 g/mol. The molecule has 0 saturated carbocycles. The van der Waals surface area contributed by atoms with E-state index in [9.17, 15) is 0 Å². The molecule has 0 aromatic carbocycles. The lowest BCUT2D eigenvalue weighted by Gasteiger charge is -1.88. The van der Waals surface area contributed by atoms with Crippen molar-refractivity contribution in [2.45, 2.75) is 0 Å². The molecule has 0 amide bonds. The maximum atomic E-state index is 4.87.